The lowest BCUT2D eigenvalue weighted by Crippen LogP contribution is -2.36. The molecule has 0 fully saturated rings. The van der Waals surface area contributed by atoms with Crippen molar-refractivity contribution < 1.29 is 14.3 Å². The average Bonchev–Trinajstić information content (AvgIpc) is 3.29. The number of para-hydroxylation sites is 1. The maximum atomic E-state index is 13.6. The zero-order chi connectivity index (χ0) is 24.2. The minimum Gasteiger partial charge on any atom is -0.453 e. The van der Waals surface area contributed by atoms with Gasteiger partial charge >= 0.3 is 6.09 Å². The number of amides is 2. The molecule has 0 bridgehead atoms. The summed E-state index contributed by atoms with van der Waals surface area (Å²) in [6, 6.07) is 15.2. The molecule has 0 aliphatic carbocycles. The van der Waals surface area contributed by atoms with Crippen LogP contribution < -0.4 is 10.2 Å². The lowest BCUT2D eigenvalue weighted by molar-refractivity contribution is -0.119. The fraction of sp³-hybridized carbons (Fsp3) is 0.360. The van der Waals surface area contributed by atoms with Crippen molar-refractivity contribution in [1.29, 1.82) is 5.26 Å². The van der Waals surface area contributed by atoms with Crippen LogP contribution in [0.15, 0.2) is 42.5 Å². The van der Waals surface area contributed by atoms with Crippen LogP contribution in [0.3, 0.4) is 0 Å². The first-order valence-corrected chi connectivity index (χ1v) is 11.6. The number of imidazole rings is 1. The van der Waals surface area contributed by atoms with Crippen molar-refractivity contribution in [2.24, 2.45) is 0 Å². The molecule has 8 nitrogen and oxygen atoms in total. The second-order valence-corrected chi connectivity index (χ2v) is 8.82. The van der Waals surface area contributed by atoms with Gasteiger partial charge in [-0.15, -0.1) is 0 Å². The number of benzene rings is 2. The second kappa shape index (κ2) is 10.1. The van der Waals surface area contributed by atoms with Crippen LogP contribution in [0.1, 0.15) is 43.5 Å². The first-order valence-electron chi connectivity index (χ1n) is 11.2. The molecule has 3 aromatic rings. The Bertz CT molecular complexity index is 1270. The zero-order valence-electron chi connectivity index (χ0n) is 19.1. The number of aryl methyl sites for hydroxylation is 1. The van der Waals surface area contributed by atoms with E-state index >= 15 is 0 Å². The number of ether oxygens (including phenoxy) is 1. The van der Waals surface area contributed by atoms with E-state index in [9.17, 15) is 9.59 Å². The van der Waals surface area contributed by atoms with Crippen LogP contribution in [-0.2, 0) is 22.6 Å². The number of anilines is 1. The molecule has 2 aromatic carbocycles. The summed E-state index contributed by atoms with van der Waals surface area (Å²) < 4.78 is 6.75. The van der Waals surface area contributed by atoms with E-state index in [0.717, 1.165) is 28.1 Å². The number of carbonyl (C=O) groups excluding carboxylic acids is 2. The van der Waals surface area contributed by atoms with Gasteiger partial charge in [-0.2, -0.15) is 5.26 Å². The van der Waals surface area contributed by atoms with Gasteiger partial charge in [0.05, 0.1) is 36.7 Å². The van der Waals surface area contributed by atoms with Crippen molar-refractivity contribution in [3.8, 4) is 6.07 Å². The molecule has 176 valence electrons. The van der Waals surface area contributed by atoms with Gasteiger partial charge in [0.25, 0.3) is 0 Å². The molecule has 0 radical (unpaired) electrons. The molecule has 1 aliphatic heterocycles. The maximum absolute atomic E-state index is 13.6. The van der Waals surface area contributed by atoms with Gasteiger partial charge < -0.3 is 19.5 Å². The zero-order valence-corrected chi connectivity index (χ0v) is 19.9. The number of unbranched alkanes of at least 4 members (excludes halogenated alkanes) is 1. The van der Waals surface area contributed by atoms with Crippen LogP contribution in [0, 0.1) is 11.3 Å². The number of aromatic nitrogens is 2. The smallest absolute Gasteiger partial charge is 0.407 e. The number of methoxy groups -OCH3 is 1. The Kier molecular flexibility index (Phi) is 7.03. The Hall–Kier alpha value is -3.57. The van der Waals surface area contributed by atoms with Gasteiger partial charge in [0.2, 0.25) is 5.91 Å². The lowest BCUT2D eigenvalue weighted by atomic mass is 9.94. The number of alkyl carbamates (subject to hydrolysis) is 1. The Morgan fingerprint density at radius 3 is 2.88 bits per heavy atom. The molecular formula is C25H26ClN5O3. The topological polar surface area (TPSA) is 100 Å². The molecule has 1 aliphatic rings. The van der Waals surface area contributed by atoms with E-state index in [1.165, 1.54) is 7.11 Å². The molecule has 34 heavy (non-hydrogen) atoms. The van der Waals surface area contributed by atoms with Crippen LogP contribution in [0.5, 0.6) is 0 Å². The third kappa shape index (κ3) is 4.70. The number of hydrogen-bond acceptors (Lipinski definition) is 5. The van der Waals surface area contributed by atoms with Crippen molar-refractivity contribution in [2.75, 3.05) is 12.0 Å². The molecule has 0 saturated heterocycles. The van der Waals surface area contributed by atoms with E-state index in [-0.39, 0.29) is 17.9 Å². The minimum absolute atomic E-state index is 0.0339. The van der Waals surface area contributed by atoms with Gasteiger partial charge in [0.15, 0.2) is 0 Å². The molecule has 1 N–H and O–H groups in total. The fourth-order valence-corrected chi connectivity index (χ4v) is 4.68. The fourth-order valence-electron chi connectivity index (χ4n) is 4.51. The summed E-state index contributed by atoms with van der Waals surface area (Å²) >= 11 is 6.19. The van der Waals surface area contributed by atoms with Crippen LogP contribution in [-0.4, -0.2) is 34.7 Å². The predicted octanol–water partition coefficient (Wildman–Crippen LogP) is 4.76. The molecule has 2 heterocycles. The first kappa shape index (κ1) is 23.6. The van der Waals surface area contributed by atoms with Gasteiger partial charge in [-0.25, -0.2) is 9.78 Å². The van der Waals surface area contributed by atoms with Crippen molar-refractivity contribution in [1.82, 2.24) is 14.9 Å². The van der Waals surface area contributed by atoms with Crippen LogP contribution >= 0.6 is 11.6 Å². The van der Waals surface area contributed by atoms with Crippen LogP contribution in [0.4, 0.5) is 10.5 Å². The van der Waals surface area contributed by atoms with Crippen molar-refractivity contribution >= 4 is 40.3 Å². The van der Waals surface area contributed by atoms with E-state index in [2.05, 4.69) is 20.7 Å². The van der Waals surface area contributed by atoms with E-state index in [1.54, 1.807) is 4.90 Å². The molecule has 1 aromatic heterocycles. The molecular weight excluding hydrogens is 454 g/mol. The quantitative estimate of drug-likeness (QED) is 0.469. The van der Waals surface area contributed by atoms with Gasteiger partial charge in [0, 0.05) is 29.7 Å². The van der Waals surface area contributed by atoms with Gasteiger partial charge in [-0.05, 0) is 49.6 Å². The van der Waals surface area contributed by atoms with E-state index < -0.39 is 6.09 Å². The summed E-state index contributed by atoms with van der Waals surface area (Å²) in [5, 5.41) is 12.3. The average molecular weight is 480 g/mol. The summed E-state index contributed by atoms with van der Waals surface area (Å²) in [7, 11) is 1.32. The summed E-state index contributed by atoms with van der Waals surface area (Å²) in [6.45, 7) is 2.77. The summed E-state index contributed by atoms with van der Waals surface area (Å²) in [4.78, 5) is 31.7. The van der Waals surface area contributed by atoms with E-state index in [4.69, 9.17) is 21.8 Å². The number of halogens is 1. The summed E-state index contributed by atoms with van der Waals surface area (Å²) in [5.41, 5.74) is 3.45. The highest BCUT2D eigenvalue weighted by atomic mass is 35.5. The number of nitriles is 1. The highest BCUT2D eigenvalue weighted by molar-refractivity contribution is 6.31. The van der Waals surface area contributed by atoms with Crippen molar-refractivity contribution in [3.05, 3.63) is 58.9 Å². The normalized spacial score (nSPS) is 15.8. The number of carbonyl (C=O) groups is 2. The Morgan fingerprint density at radius 2 is 2.12 bits per heavy atom. The molecule has 0 spiro atoms. The minimum atomic E-state index is -0.521. The standard InChI is InChI=1S/C25H26ClN5O3/c1-16(28-25(33)34-2)13-19-18-7-3-4-8-21(18)31(24(19)32)15-23-29-20-14-17(26)9-10-22(20)30(23)12-6-5-11-27/h3-4,7-10,14,16,19H,5-6,12-13,15H2,1-2H3,(H,28,33). The lowest BCUT2D eigenvalue weighted by Gasteiger charge is -2.20. The SMILES string of the molecule is COC(=O)NC(C)CC1C(=O)N(Cc2nc3cc(Cl)ccc3n2CCCC#N)c2ccccc21. The third-order valence-electron chi connectivity index (χ3n) is 6.07. The molecule has 9 heteroatoms. The van der Waals surface area contributed by atoms with Gasteiger partial charge in [0.1, 0.15) is 5.82 Å². The molecule has 0 saturated carbocycles. The number of nitrogens with one attached hydrogen (secondary N) is 1. The largest absolute Gasteiger partial charge is 0.453 e. The highest BCUT2D eigenvalue weighted by Crippen LogP contribution is 2.40. The van der Waals surface area contributed by atoms with Gasteiger partial charge in [-0.3, -0.25) is 4.79 Å². The van der Waals surface area contributed by atoms with E-state index in [1.807, 2.05) is 49.4 Å². The maximum Gasteiger partial charge on any atom is 0.407 e. The Morgan fingerprint density at radius 1 is 1.32 bits per heavy atom. The monoisotopic (exact) mass is 479 g/mol. The van der Waals surface area contributed by atoms with Crippen LogP contribution in [0.25, 0.3) is 11.0 Å². The second-order valence-electron chi connectivity index (χ2n) is 8.38. The number of nitrogens with zero attached hydrogens (tertiary/aromatic N) is 4. The number of fused-ring (bicyclic) bond motifs is 2. The molecule has 2 atom stereocenters. The molecule has 2 unspecified atom stereocenters. The van der Waals surface area contributed by atoms with E-state index in [0.29, 0.717) is 37.4 Å². The highest BCUT2D eigenvalue weighted by Gasteiger charge is 2.38. The number of rotatable bonds is 8. The third-order valence-corrected chi connectivity index (χ3v) is 6.30. The van der Waals surface area contributed by atoms with Crippen molar-refractivity contribution in [2.45, 2.75) is 51.2 Å². The Labute approximate surface area is 203 Å². The Balaban J connectivity index is 1.65. The number of hydrogen-bond donors (Lipinski definition) is 1. The van der Waals surface area contributed by atoms with Crippen LogP contribution in [0.2, 0.25) is 5.02 Å². The molecule has 4 rings (SSSR count). The first-order chi connectivity index (χ1) is 16.4. The predicted molar refractivity (Wildman–Crippen MR) is 130 cm³/mol. The van der Waals surface area contributed by atoms with Crippen molar-refractivity contribution in [3.63, 3.8) is 0 Å². The van der Waals surface area contributed by atoms with Gasteiger partial charge in [-0.1, -0.05) is 29.8 Å². The molecule has 2 amide bonds. The summed E-state index contributed by atoms with van der Waals surface area (Å²) in [5.74, 6) is 0.322. The summed E-state index contributed by atoms with van der Waals surface area (Å²) in [6.07, 6.45) is 1.05.